The number of fused-ring (bicyclic) bond motifs is 1. The average Bonchev–Trinajstić information content (AvgIpc) is 2.90. The lowest BCUT2D eigenvalue weighted by Crippen LogP contribution is -2.53. The minimum atomic E-state index is -3.83. The van der Waals surface area contributed by atoms with Crippen LogP contribution in [0.1, 0.15) is 39.2 Å². The van der Waals surface area contributed by atoms with Crippen LogP contribution in [0.2, 0.25) is 0 Å². The average molecular weight is 540 g/mol. The molecule has 3 aromatic carbocycles. The first-order chi connectivity index (χ1) is 18.1. The number of anilines is 1. The first-order valence-electron chi connectivity index (χ1n) is 12.8. The summed E-state index contributed by atoms with van der Waals surface area (Å²) in [4.78, 5) is 28.6. The normalized spacial score (nSPS) is 13.0. The van der Waals surface area contributed by atoms with E-state index in [0.29, 0.717) is 17.9 Å². The molecule has 9 heteroatoms. The van der Waals surface area contributed by atoms with Gasteiger partial charge >= 0.3 is 0 Å². The second-order valence-electron chi connectivity index (χ2n) is 9.38. The molecule has 0 radical (unpaired) electrons. The second kappa shape index (κ2) is 12.8. The highest BCUT2D eigenvalue weighted by Gasteiger charge is 2.32. The van der Waals surface area contributed by atoms with Gasteiger partial charge in [-0.3, -0.25) is 13.9 Å². The maximum absolute atomic E-state index is 13.9. The van der Waals surface area contributed by atoms with E-state index in [0.717, 1.165) is 33.3 Å². The molecule has 0 heterocycles. The molecule has 0 aliphatic carbocycles. The number of methoxy groups -OCH3 is 1. The topological polar surface area (TPSA) is 96.0 Å². The van der Waals surface area contributed by atoms with Gasteiger partial charge in [-0.05, 0) is 48.9 Å². The number of ether oxygens (including phenoxy) is 1. The predicted octanol–water partition coefficient (Wildman–Crippen LogP) is 4.34. The molecule has 0 aliphatic heterocycles. The van der Waals surface area contributed by atoms with E-state index in [1.165, 1.54) is 4.90 Å². The SMILES string of the molecule is CCC(C)NC(=O)C(CC)N(Cc1ccc(OC)cc1)C(=O)CN(c1cccc2ccccc12)S(C)(=O)=O. The number of carbonyl (C=O) groups is 2. The summed E-state index contributed by atoms with van der Waals surface area (Å²) in [5.74, 6) is -0.0579. The fraction of sp³-hybridized carbons (Fsp3) is 0.379. The number of nitrogens with one attached hydrogen (secondary N) is 1. The molecule has 0 aliphatic rings. The van der Waals surface area contributed by atoms with Crippen LogP contribution >= 0.6 is 0 Å². The van der Waals surface area contributed by atoms with Gasteiger partial charge in [0.05, 0.1) is 19.1 Å². The quantitative estimate of drug-likeness (QED) is 0.370. The highest BCUT2D eigenvalue weighted by Crippen LogP contribution is 2.29. The Balaban J connectivity index is 2.01. The Hall–Kier alpha value is -3.59. The van der Waals surface area contributed by atoms with Crippen LogP contribution in [-0.4, -0.2) is 57.1 Å². The second-order valence-corrected chi connectivity index (χ2v) is 11.3. The van der Waals surface area contributed by atoms with Gasteiger partial charge in [-0.15, -0.1) is 0 Å². The van der Waals surface area contributed by atoms with E-state index in [1.54, 1.807) is 31.4 Å². The van der Waals surface area contributed by atoms with E-state index in [4.69, 9.17) is 4.74 Å². The zero-order valence-corrected chi connectivity index (χ0v) is 23.5. The Morgan fingerprint density at radius 3 is 2.21 bits per heavy atom. The van der Waals surface area contributed by atoms with E-state index in [9.17, 15) is 18.0 Å². The van der Waals surface area contributed by atoms with Crippen LogP contribution < -0.4 is 14.4 Å². The van der Waals surface area contributed by atoms with Crippen molar-refractivity contribution in [3.63, 3.8) is 0 Å². The molecule has 1 N–H and O–H groups in total. The summed E-state index contributed by atoms with van der Waals surface area (Å²) in [6, 6.07) is 19.2. The van der Waals surface area contributed by atoms with Crippen LogP contribution in [0, 0.1) is 0 Å². The molecular weight excluding hydrogens is 502 g/mol. The third-order valence-electron chi connectivity index (χ3n) is 6.61. The number of amides is 2. The summed E-state index contributed by atoms with van der Waals surface area (Å²) in [5, 5.41) is 4.56. The van der Waals surface area contributed by atoms with Crippen molar-refractivity contribution in [1.29, 1.82) is 0 Å². The summed E-state index contributed by atoms with van der Waals surface area (Å²) >= 11 is 0. The van der Waals surface area contributed by atoms with Crippen LogP contribution in [0.5, 0.6) is 5.75 Å². The molecule has 0 saturated heterocycles. The molecule has 0 fully saturated rings. The standard InChI is InChI=1S/C29H37N3O5S/c1-6-21(3)30-29(34)26(7-2)31(19-22-15-17-24(37-4)18-16-22)28(33)20-32(38(5,35)36)27-14-10-12-23-11-8-9-13-25(23)27/h8-18,21,26H,6-7,19-20H2,1-5H3,(H,30,34). The van der Waals surface area contributed by atoms with Crippen LogP contribution in [0.4, 0.5) is 5.69 Å². The van der Waals surface area contributed by atoms with Gasteiger partial charge in [0.15, 0.2) is 0 Å². The molecule has 0 saturated carbocycles. The molecule has 204 valence electrons. The number of hydrogen-bond acceptors (Lipinski definition) is 5. The fourth-order valence-electron chi connectivity index (χ4n) is 4.31. The number of carbonyl (C=O) groups excluding carboxylic acids is 2. The van der Waals surface area contributed by atoms with Gasteiger partial charge in [-0.2, -0.15) is 0 Å². The van der Waals surface area contributed by atoms with E-state index in [1.807, 2.05) is 63.2 Å². The summed E-state index contributed by atoms with van der Waals surface area (Å²) in [5.41, 5.74) is 1.21. The van der Waals surface area contributed by atoms with Crippen molar-refractivity contribution in [1.82, 2.24) is 10.2 Å². The fourth-order valence-corrected chi connectivity index (χ4v) is 5.17. The van der Waals surface area contributed by atoms with Gasteiger partial charge in [0, 0.05) is 18.0 Å². The van der Waals surface area contributed by atoms with E-state index >= 15 is 0 Å². The molecule has 0 spiro atoms. The maximum atomic E-state index is 13.9. The summed E-state index contributed by atoms with van der Waals surface area (Å²) in [6.45, 7) is 5.43. The predicted molar refractivity (Wildman–Crippen MR) is 152 cm³/mol. The van der Waals surface area contributed by atoms with Gasteiger partial charge in [0.2, 0.25) is 21.8 Å². The minimum Gasteiger partial charge on any atom is -0.497 e. The molecule has 3 aromatic rings. The van der Waals surface area contributed by atoms with Crippen LogP contribution in [0.3, 0.4) is 0 Å². The summed E-state index contributed by atoms with van der Waals surface area (Å²) in [7, 11) is -2.25. The molecular formula is C29H37N3O5S. The Morgan fingerprint density at radius 1 is 0.947 bits per heavy atom. The van der Waals surface area contributed by atoms with Crippen molar-refractivity contribution in [3.8, 4) is 5.75 Å². The number of rotatable bonds is 12. The highest BCUT2D eigenvalue weighted by atomic mass is 32.2. The molecule has 3 rings (SSSR count). The molecule has 2 atom stereocenters. The monoisotopic (exact) mass is 539 g/mol. The van der Waals surface area contributed by atoms with Gasteiger partial charge < -0.3 is 15.0 Å². The third-order valence-corrected chi connectivity index (χ3v) is 7.74. The lowest BCUT2D eigenvalue weighted by molar-refractivity contribution is -0.140. The first-order valence-corrected chi connectivity index (χ1v) is 14.6. The smallest absolute Gasteiger partial charge is 0.244 e. The zero-order chi connectivity index (χ0) is 27.9. The van der Waals surface area contributed by atoms with E-state index in [-0.39, 0.29) is 18.5 Å². The van der Waals surface area contributed by atoms with Crippen molar-refractivity contribution >= 4 is 38.3 Å². The van der Waals surface area contributed by atoms with Crippen molar-refractivity contribution in [2.24, 2.45) is 0 Å². The van der Waals surface area contributed by atoms with E-state index < -0.39 is 28.5 Å². The highest BCUT2D eigenvalue weighted by molar-refractivity contribution is 7.92. The first kappa shape index (κ1) is 29.0. The number of hydrogen-bond donors (Lipinski definition) is 1. The summed E-state index contributed by atoms with van der Waals surface area (Å²) < 4.78 is 32.3. The lowest BCUT2D eigenvalue weighted by Gasteiger charge is -2.33. The number of benzene rings is 3. The van der Waals surface area contributed by atoms with Crippen LogP contribution in [-0.2, 0) is 26.2 Å². The Kier molecular flexibility index (Phi) is 9.74. The Bertz CT molecular complexity index is 1350. The molecule has 2 amide bonds. The van der Waals surface area contributed by atoms with Crippen molar-refractivity contribution in [2.75, 3.05) is 24.2 Å². The van der Waals surface area contributed by atoms with Gasteiger partial charge in [-0.1, -0.05) is 62.4 Å². The Morgan fingerprint density at radius 2 is 1.61 bits per heavy atom. The number of nitrogens with zero attached hydrogens (tertiary/aromatic N) is 2. The van der Waals surface area contributed by atoms with Gasteiger partial charge in [-0.25, -0.2) is 8.42 Å². The largest absolute Gasteiger partial charge is 0.497 e. The molecule has 8 nitrogen and oxygen atoms in total. The number of sulfonamides is 1. The molecule has 2 unspecified atom stereocenters. The van der Waals surface area contributed by atoms with Crippen molar-refractivity contribution in [3.05, 3.63) is 72.3 Å². The van der Waals surface area contributed by atoms with Crippen molar-refractivity contribution in [2.45, 2.75) is 52.2 Å². The lowest BCUT2D eigenvalue weighted by atomic mass is 10.1. The zero-order valence-electron chi connectivity index (χ0n) is 22.7. The third kappa shape index (κ3) is 7.04. The molecule has 38 heavy (non-hydrogen) atoms. The van der Waals surface area contributed by atoms with Crippen LogP contribution in [0.15, 0.2) is 66.7 Å². The Labute approximate surface area is 225 Å². The minimum absolute atomic E-state index is 0.0577. The van der Waals surface area contributed by atoms with E-state index in [2.05, 4.69) is 5.32 Å². The molecule has 0 aromatic heterocycles. The van der Waals surface area contributed by atoms with Crippen LogP contribution in [0.25, 0.3) is 10.8 Å². The summed E-state index contributed by atoms with van der Waals surface area (Å²) in [6.07, 6.45) is 2.21. The molecule has 0 bridgehead atoms. The van der Waals surface area contributed by atoms with Gasteiger partial charge in [0.1, 0.15) is 18.3 Å². The van der Waals surface area contributed by atoms with Gasteiger partial charge in [0.25, 0.3) is 0 Å². The maximum Gasteiger partial charge on any atom is 0.244 e. The van der Waals surface area contributed by atoms with Crippen molar-refractivity contribution < 1.29 is 22.7 Å².